The standard InChI is InChI=1S/C18H26N6O2.HI/c1-4-19-18(21-12-17-23-22-16-6-5-9-24(16)17)20-11-13-7-8-14(25-2)10-15(13)26-3;/h7-8,10H,4-6,9,11-12H2,1-3H3,(H2,19,20,21);1H. The molecule has 2 aromatic rings. The fourth-order valence-electron chi connectivity index (χ4n) is 2.99. The van der Waals surface area contributed by atoms with Gasteiger partial charge in [-0.2, -0.15) is 0 Å². The van der Waals surface area contributed by atoms with Crippen LogP contribution in [-0.2, 0) is 26.1 Å². The maximum Gasteiger partial charge on any atom is 0.191 e. The van der Waals surface area contributed by atoms with E-state index in [-0.39, 0.29) is 24.0 Å². The highest BCUT2D eigenvalue weighted by molar-refractivity contribution is 14.0. The van der Waals surface area contributed by atoms with Gasteiger partial charge in [-0.3, -0.25) is 0 Å². The Morgan fingerprint density at radius 3 is 2.81 bits per heavy atom. The van der Waals surface area contributed by atoms with E-state index in [1.165, 1.54) is 0 Å². The summed E-state index contributed by atoms with van der Waals surface area (Å²) in [4.78, 5) is 4.66. The number of methoxy groups -OCH3 is 2. The molecular formula is C18H27IN6O2. The van der Waals surface area contributed by atoms with E-state index in [0.29, 0.717) is 13.1 Å². The number of ether oxygens (including phenoxy) is 2. The molecule has 0 aliphatic carbocycles. The second-order valence-electron chi connectivity index (χ2n) is 6.01. The molecule has 1 aliphatic heterocycles. The Morgan fingerprint density at radius 1 is 1.22 bits per heavy atom. The molecule has 1 aliphatic rings. The summed E-state index contributed by atoms with van der Waals surface area (Å²) in [5.41, 5.74) is 0.994. The molecule has 0 saturated carbocycles. The first-order valence-corrected chi connectivity index (χ1v) is 8.89. The molecular weight excluding hydrogens is 459 g/mol. The lowest BCUT2D eigenvalue weighted by Crippen LogP contribution is -2.37. The second kappa shape index (κ2) is 10.3. The molecule has 9 heteroatoms. The van der Waals surface area contributed by atoms with Crippen LogP contribution in [0.25, 0.3) is 0 Å². The minimum absolute atomic E-state index is 0. The number of nitrogens with one attached hydrogen (secondary N) is 2. The maximum absolute atomic E-state index is 5.44. The van der Waals surface area contributed by atoms with Gasteiger partial charge in [-0.1, -0.05) is 0 Å². The molecule has 0 saturated heterocycles. The van der Waals surface area contributed by atoms with Gasteiger partial charge in [-0.25, -0.2) is 4.99 Å². The lowest BCUT2D eigenvalue weighted by Gasteiger charge is -2.12. The molecule has 0 amide bonds. The number of aryl methyl sites for hydroxylation is 1. The van der Waals surface area contributed by atoms with Crippen LogP contribution in [0.4, 0.5) is 0 Å². The van der Waals surface area contributed by atoms with Crippen LogP contribution in [0.3, 0.4) is 0 Å². The zero-order chi connectivity index (χ0) is 18.4. The first-order valence-electron chi connectivity index (χ1n) is 8.89. The fraction of sp³-hybridized carbons (Fsp3) is 0.500. The molecule has 27 heavy (non-hydrogen) atoms. The minimum Gasteiger partial charge on any atom is -0.497 e. The van der Waals surface area contributed by atoms with Gasteiger partial charge < -0.3 is 24.7 Å². The number of guanidine groups is 1. The smallest absolute Gasteiger partial charge is 0.191 e. The summed E-state index contributed by atoms with van der Waals surface area (Å²) in [6.07, 6.45) is 2.15. The van der Waals surface area contributed by atoms with Gasteiger partial charge >= 0.3 is 0 Å². The first-order chi connectivity index (χ1) is 12.7. The molecule has 0 unspecified atom stereocenters. The highest BCUT2D eigenvalue weighted by Crippen LogP contribution is 2.25. The molecule has 8 nitrogen and oxygen atoms in total. The van der Waals surface area contributed by atoms with Crippen molar-refractivity contribution in [3.05, 3.63) is 35.4 Å². The third-order valence-corrected chi connectivity index (χ3v) is 4.35. The van der Waals surface area contributed by atoms with Gasteiger partial charge in [0.1, 0.15) is 17.3 Å². The molecule has 1 aromatic carbocycles. The molecule has 2 N–H and O–H groups in total. The summed E-state index contributed by atoms with van der Waals surface area (Å²) in [6.45, 7) is 4.92. The van der Waals surface area contributed by atoms with E-state index < -0.39 is 0 Å². The van der Waals surface area contributed by atoms with E-state index in [1.807, 2.05) is 25.1 Å². The van der Waals surface area contributed by atoms with E-state index in [9.17, 15) is 0 Å². The average molecular weight is 486 g/mol. The number of nitrogens with zero attached hydrogens (tertiary/aromatic N) is 4. The van der Waals surface area contributed by atoms with Crippen molar-refractivity contribution in [2.24, 2.45) is 4.99 Å². The summed E-state index contributed by atoms with van der Waals surface area (Å²) in [5.74, 6) is 4.29. The van der Waals surface area contributed by atoms with Crippen molar-refractivity contribution in [2.75, 3.05) is 20.8 Å². The summed E-state index contributed by atoms with van der Waals surface area (Å²) >= 11 is 0. The number of benzene rings is 1. The van der Waals surface area contributed by atoms with Crippen LogP contribution < -0.4 is 20.1 Å². The van der Waals surface area contributed by atoms with Gasteiger partial charge in [0, 0.05) is 31.1 Å². The topological polar surface area (TPSA) is 85.6 Å². The molecule has 2 heterocycles. The van der Waals surface area contributed by atoms with Crippen molar-refractivity contribution in [2.45, 2.75) is 39.4 Å². The fourth-order valence-corrected chi connectivity index (χ4v) is 2.99. The highest BCUT2D eigenvalue weighted by Gasteiger charge is 2.17. The average Bonchev–Trinajstić information content (AvgIpc) is 3.28. The molecule has 0 fully saturated rings. The Bertz CT molecular complexity index is 777. The van der Waals surface area contributed by atoms with Crippen LogP contribution in [0.2, 0.25) is 0 Å². The van der Waals surface area contributed by atoms with E-state index in [4.69, 9.17) is 9.47 Å². The summed E-state index contributed by atoms with van der Waals surface area (Å²) in [6, 6.07) is 5.74. The number of aliphatic imine (C=N–C) groups is 1. The SMILES string of the molecule is CCNC(=NCc1ccc(OC)cc1OC)NCc1nnc2n1CCC2.I. The molecule has 0 bridgehead atoms. The Kier molecular flexibility index (Phi) is 8.14. The zero-order valence-corrected chi connectivity index (χ0v) is 18.3. The third kappa shape index (κ3) is 5.24. The summed E-state index contributed by atoms with van der Waals surface area (Å²) in [5, 5.41) is 15.1. The normalized spacial score (nSPS) is 12.9. The van der Waals surface area contributed by atoms with E-state index >= 15 is 0 Å². The van der Waals surface area contributed by atoms with E-state index in [2.05, 4.69) is 30.4 Å². The number of hydrogen-bond acceptors (Lipinski definition) is 5. The highest BCUT2D eigenvalue weighted by atomic mass is 127. The van der Waals surface area contributed by atoms with Gasteiger partial charge in [0.2, 0.25) is 0 Å². The molecule has 148 valence electrons. The van der Waals surface area contributed by atoms with Gasteiger partial charge in [-0.05, 0) is 25.5 Å². The molecule has 0 radical (unpaired) electrons. The molecule has 1 aromatic heterocycles. The monoisotopic (exact) mass is 486 g/mol. The number of aromatic nitrogens is 3. The lowest BCUT2D eigenvalue weighted by atomic mass is 10.2. The first kappa shape index (κ1) is 21.3. The number of hydrogen-bond donors (Lipinski definition) is 2. The van der Waals surface area contributed by atoms with Crippen LogP contribution in [0.1, 0.15) is 30.6 Å². The van der Waals surface area contributed by atoms with Gasteiger partial charge in [0.25, 0.3) is 0 Å². The minimum atomic E-state index is 0. The van der Waals surface area contributed by atoms with Crippen molar-refractivity contribution in [1.82, 2.24) is 25.4 Å². The van der Waals surface area contributed by atoms with Crippen molar-refractivity contribution in [3.63, 3.8) is 0 Å². The molecule has 0 atom stereocenters. The van der Waals surface area contributed by atoms with Gasteiger partial charge in [0.05, 0.1) is 27.3 Å². The van der Waals surface area contributed by atoms with Crippen molar-refractivity contribution in [1.29, 1.82) is 0 Å². The largest absolute Gasteiger partial charge is 0.497 e. The predicted octanol–water partition coefficient (Wildman–Crippen LogP) is 2.11. The van der Waals surface area contributed by atoms with Crippen molar-refractivity contribution in [3.8, 4) is 11.5 Å². The Morgan fingerprint density at radius 2 is 2.07 bits per heavy atom. The number of halogens is 1. The van der Waals surface area contributed by atoms with Crippen molar-refractivity contribution >= 4 is 29.9 Å². The van der Waals surface area contributed by atoms with Crippen molar-refractivity contribution < 1.29 is 9.47 Å². The number of fused-ring (bicyclic) bond motifs is 1. The van der Waals surface area contributed by atoms with E-state index in [1.54, 1.807) is 14.2 Å². The Labute approximate surface area is 176 Å². The molecule has 3 rings (SSSR count). The van der Waals surface area contributed by atoms with Crippen LogP contribution in [-0.4, -0.2) is 41.5 Å². The predicted molar refractivity (Wildman–Crippen MR) is 115 cm³/mol. The van der Waals surface area contributed by atoms with Gasteiger partial charge in [-0.15, -0.1) is 34.2 Å². The Hall–Kier alpha value is -2.04. The summed E-state index contributed by atoms with van der Waals surface area (Å²) < 4.78 is 12.9. The summed E-state index contributed by atoms with van der Waals surface area (Å²) in [7, 11) is 3.29. The number of rotatable bonds is 7. The zero-order valence-electron chi connectivity index (χ0n) is 16.0. The van der Waals surface area contributed by atoms with Crippen LogP contribution >= 0.6 is 24.0 Å². The Balaban J connectivity index is 0.00000261. The van der Waals surface area contributed by atoms with E-state index in [0.717, 1.165) is 60.6 Å². The van der Waals surface area contributed by atoms with Gasteiger partial charge in [0.15, 0.2) is 11.8 Å². The molecule has 0 spiro atoms. The van der Waals surface area contributed by atoms with Crippen LogP contribution in [0.5, 0.6) is 11.5 Å². The quantitative estimate of drug-likeness (QED) is 0.355. The maximum atomic E-state index is 5.44. The lowest BCUT2D eigenvalue weighted by molar-refractivity contribution is 0.391. The van der Waals surface area contributed by atoms with Crippen LogP contribution in [0, 0.1) is 0 Å². The third-order valence-electron chi connectivity index (χ3n) is 4.35. The second-order valence-corrected chi connectivity index (χ2v) is 6.01. The van der Waals surface area contributed by atoms with Crippen LogP contribution in [0.15, 0.2) is 23.2 Å².